The van der Waals surface area contributed by atoms with Crippen LogP contribution >= 0.6 is 0 Å². The second kappa shape index (κ2) is 14.9. The van der Waals surface area contributed by atoms with Crippen molar-refractivity contribution in [1.82, 2.24) is 0 Å². The van der Waals surface area contributed by atoms with Crippen LogP contribution in [0.25, 0.3) is 185 Å². The lowest BCUT2D eigenvalue weighted by Crippen LogP contribution is -1.93. The van der Waals surface area contributed by atoms with Crippen molar-refractivity contribution in [3.05, 3.63) is 255 Å². The summed E-state index contributed by atoms with van der Waals surface area (Å²) in [6, 6.07) is 97.6. The summed E-state index contributed by atoms with van der Waals surface area (Å²) in [7, 11) is 0. The summed E-state index contributed by atoms with van der Waals surface area (Å²) in [6.45, 7) is 0. The lowest BCUT2D eigenvalue weighted by molar-refractivity contribution is 1.58. The minimum atomic E-state index is 1.18. The van der Waals surface area contributed by atoms with Gasteiger partial charge in [-0.25, -0.2) is 0 Å². The van der Waals surface area contributed by atoms with E-state index in [4.69, 9.17) is 0 Å². The van der Waals surface area contributed by atoms with E-state index in [0.717, 1.165) is 0 Å². The molecule has 0 amide bonds. The summed E-state index contributed by atoms with van der Waals surface area (Å²) >= 11 is 0. The average Bonchev–Trinajstić information content (AvgIpc) is 3.57. The Morgan fingerprint density at radius 1 is 0.132 bits per heavy atom. The zero-order valence-electron chi connectivity index (χ0n) is 41.2. The number of rotatable bonds is 5. The molecule has 0 aliphatic heterocycles. The number of hydrogen-bond donors (Lipinski definition) is 0. The fourth-order valence-electron chi connectivity index (χ4n) is 14.2. The van der Waals surface area contributed by atoms with Gasteiger partial charge >= 0.3 is 0 Å². The highest BCUT2D eigenvalue weighted by molar-refractivity contribution is 6.30. The highest BCUT2D eigenvalue weighted by Crippen LogP contribution is 2.49. The van der Waals surface area contributed by atoms with Crippen molar-refractivity contribution >= 4 is 129 Å². The molecule has 0 aliphatic rings. The molecule has 0 aliphatic carbocycles. The Labute approximate surface area is 437 Å². The monoisotopic (exact) mass is 954 g/mol. The number of hydrogen-bond acceptors (Lipinski definition) is 0. The molecule has 0 fully saturated rings. The van der Waals surface area contributed by atoms with Gasteiger partial charge in [-0.3, -0.25) is 0 Å². The average molecular weight is 955 g/mol. The highest BCUT2D eigenvalue weighted by Gasteiger charge is 2.22. The third-order valence-corrected chi connectivity index (χ3v) is 17.5. The van der Waals surface area contributed by atoms with Crippen LogP contribution in [-0.4, -0.2) is 0 Å². The Hall–Kier alpha value is -9.88. The van der Waals surface area contributed by atoms with Crippen LogP contribution in [0.2, 0.25) is 0 Å². The SMILES string of the molecule is c1cc2ccc3cccc4c(-c5cc(-c6cc(-c7cc8cccc9ccc%10cccc7c%10c98)cc(-c7cc8cccc9ccc%10cccc7c%10c98)c6)cc(-c6cc7cccc8ccc9cccc6c9c87)c5)cc(c1)c2c34. The summed E-state index contributed by atoms with van der Waals surface area (Å²) in [4.78, 5) is 0. The maximum Gasteiger partial charge on any atom is -0.00206 e. The lowest BCUT2D eigenvalue weighted by atomic mass is 9.83. The van der Waals surface area contributed by atoms with Gasteiger partial charge in [0.1, 0.15) is 0 Å². The van der Waals surface area contributed by atoms with E-state index in [1.807, 2.05) is 0 Å². The van der Waals surface area contributed by atoms with Crippen molar-refractivity contribution in [3.8, 4) is 55.6 Å². The predicted octanol–water partition coefficient (Wildman–Crippen LogP) is 21.6. The van der Waals surface area contributed by atoms with Crippen LogP contribution in [-0.2, 0) is 0 Å². The van der Waals surface area contributed by atoms with Crippen LogP contribution in [0.4, 0.5) is 0 Å². The molecule has 0 radical (unpaired) electrons. The molecular weight excluding hydrogens is 913 g/mol. The van der Waals surface area contributed by atoms with Gasteiger partial charge in [-0.05, 0) is 246 Å². The Bertz CT molecular complexity index is 4790. The second-order valence-electron chi connectivity index (χ2n) is 21.5. The number of benzene rings is 18. The molecule has 0 N–H and O–H groups in total. The summed E-state index contributed by atoms with van der Waals surface area (Å²) in [5.41, 5.74) is 12.1. The smallest absolute Gasteiger partial charge is 0.00206 e. The summed E-state index contributed by atoms with van der Waals surface area (Å²) in [6.07, 6.45) is 0. The van der Waals surface area contributed by atoms with Crippen LogP contribution in [0, 0.1) is 0 Å². The Morgan fingerprint density at radius 3 is 0.553 bits per heavy atom. The zero-order chi connectivity index (χ0) is 49.3. The zero-order valence-corrected chi connectivity index (χ0v) is 41.2. The Morgan fingerprint density at radius 2 is 0.316 bits per heavy atom. The van der Waals surface area contributed by atoms with Crippen LogP contribution in [0.15, 0.2) is 255 Å². The van der Waals surface area contributed by atoms with E-state index >= 15 is 0 Å². The maximum absolute atomic E-state index is 2.49. The van der Waals surface area contributed by atoms with Crippen LogP contribution in [0.1, 0.15) is 0 Å². The van der Waals surface area contributed by atoms with Crippen LogP contribution < -0.4 is 0 Å². The molecule has 0 heteroatoms. The van der Waals surface area contributed by atoms with Crippen molar-refractivity contribution < 1.29 is 0 Å². The van der Waals surface area contributed by atoms with Gasteiger partial charge in [0.05, 0.1) is 0 Å². The molecule has 18 aromatic carbocycles. The minimum absolute atomic E-state index is 1.18. The van der Waals surface area contributed by atoms with E-state index in [2.05, 4.69) is 255 Å². The van der Waals surface area contributed by atoms with E-state index in [0.29, 0.717) is 0 Å². The van der Waals surface area contributed by atoms with Gasteiger partial charge in [-0.15, -0.1) is 0 Å². The normalized spacial score (nSPS) is 12.5. The molecule has 0 nitrogen and oxygen atoms in total. The first-order valence-electron chi connectivity index (χ1n) is 26.6. The molecule has 18 aromatic rings. The standard InChI is InChI=1S/C76H42/c1-9-43-25-29-47-13-5-21-61-65(39-51(17-1)69(43)73(47)61)57-33-55(34-58(37-57)66-40-52-18-2-10-44-26-30-48-14-6-22-62(66)74(48)70(44)52)56-35-59(67-41-53-19-3-11-45-27-31-49-15-7-23-63(67)75(49)71(45)53)38-60(36-56)68-42-54-20-4-12-46-28-32-50-16-8-24-64(68)76(50)72(46)54/h1-42H. The minimum Gasteiger partial charge on any atom is -0.0610 e. The predicted molar refractivity (Wildman–Crippen MR) is 328 cm³/mol. The van der Waals surface area contributed by atoms with E-state index < -0.39 is 0 Å². The highest BCUT2D eigenvalue weighted by atomic mass is 14.2. The molecule has 0 saturated heterocycles. The van der Waals surface area contributed by atoms with E-state index in [9.17, 15) is 0 Å². The quantitative estimate of drug-likeness (QED) is 0.151. The molecule has 346 valence electrons. The fraction of sp³-hybridized carbons (Fsp3) is 0. The van der Waals surface area contributed by atoms with Crippen molar-refractivity contribution in [1.29, 1.82) is 0 Å². The molecule has 0 aromatic heterocycles. The summed E-state index contributed by atoms with van der Waals surface area (Å²) < 4.78 is 0. The molecule has 0 saturated carbocycles. The van der Waals surface area contributed by atoms with Crippen LogP contribution in [0.3, 0.4) is 0 Å². The Kier molecular flexibility index (Phi) is 7.95. The summed E-state index contributed by atoms with van der Waals surface area (Å²) in [5, 5.41) is 31.0. The van der Waals surface area contributed by atoms with E-state index in [1.165, 1.54) is 185 Å². The van der Waals surface area contributed by atoms with Gasteiger partial charge in [0.15, 0.2) is 0 Å². The molecule has 76 heavy (non-hydrogen) atoms. The molecule has 0 atom stereocenters. The van der Waals surface area contributed by atoms with Crippen molar-refractivity contribution in [2.24, 2.45) is 0 Å². The van der Waals surface area contributed by atoms with Gasteiger partial charge in [-0.1, -0.05) is 194 Å². The van der Waals surface area contributed by atoms with Crippen molar-refractivity contribution in [2.75, 3.05) is 0 Å². The molecule has 0 bridgehead atoms. The Balaban J connectivity index is 0.979. The first-order valence-corrected chi connectivity index (χ1v) is 26.6. The van der Waals surface area contributed by atoms with Gasteiger partial charge in [0.2, 0.25) is 0 Å². The van der Waals surface area contributed by atoms with Gasteiger partial charge < -0.3 is 0 Å². The lowest BCUT2D eigenvalue weighted by Gasteiger charge is -2.20. The topological polar surface area (TPSA) is 0 Å². The van der Waals surface area contributed by atoms with Crippen molar-refractivity contribution in [3.63, 3.8) is 0 Å². The third kappa shape index (κ3) is 5.57. The summed E-state index contributed by atoms with van der Waals surface area (Å²) in [5.74, 6) is 0. The molecular formula is C76H42. The van der Waals surface area contributed by atoms with E-state index in [1.54, 1.807) is 0 Å². The largest absolute Gasteiger partial charge is 0.0610 e. The first-order chi connectivity index (χ1) is 37.6. The van der Waals surface area contributed by atoms with E-state index in [-0.39, 0.29) is 0 Å². The molecule has 0 spiro atoms. The third-order valence-electron chi connectivity index (χ3n) is 17.5. The second-order valence-corrected chi connectivity index (χ2v) is 21.5. The molecule has 0 unspecified atom stereocenters. The van der Waals surface area contributed by atoms with Crippen LogP contribution in [0.5, 0.6) is 0 Å². The van der Waals surface area contributed by atoms with Gasteiger partial charge in [0, 0.05) is 0 Å². The maximum atomic E-state index is 2.49. The fourth-order valence-corrected chi connectivity index (χ4v) is 14.2. The van der Waals surface area contributed by atoms with Gasteiger partial charge in [0.25, 0.3) is 0 Å². The van der Waals surface area contributed by atoms with Crippen molar-refractivity contribution in [2.45, 2.75) is 0 Å². The first kappa shape index (κ1) is 40.6. The molecule has 18 rings (SSSR count). The molecule has 0 heterocycles. The van der Waals surface area contributed by atoms with Gasteiger partial charge in [-0.2, -0.15) is 0 Å².